The third-order valence-electron chi connectivity index (χ3n) is 3.26. The smallest absolute Gasteiger partial charge is 0.115 e. The zero-order valence-electron chi connectivity index (χ0n) is 10.7. The van der Waals surface area contributed by atoms with Crippen molar-refractivity contribution in [1.82, 2.24) is 10.2 Å². The second-order valence-corrected chi connectivity index (χ2v) is 4.55. The second-order valence-electron chi connectivity index (χ2n) is 4.55. The van der Waals surface area contributed by atoms with E-state index < -0.39 is 0 Å². The Labute approximate surface area is 112 Å². The fourth-order valence-electron chi connectivity index (χ4n) is 2.11. The van der Waals surface area contributed by atoms with Gasteiger partial charge in [0.1, 0.15) is 5.69 Å². The average Bonchev–Trinajstić information content (AvgIpc) is 2.80. The summed E-state index contributed by atoms with van der Waals surface area (Å²) in [7, 11) is 0. The molecule has 94 valence electrons. The highest BCUT2D eigenvalue weighted by atomic mass is 15.1. The van der Waals surface area contributed by atoms with Gasteiger partial charge in [0, 0.05) is 5.56 Å². The number of nitrogen functional groups attached to an aromatic ring is 1. The molecule has 1 heterocycles. The lowest BCUT2D eigenvalue weighted by molar-refractivity contribution is 1.05. The summed E-state index contributed by atoms with van der Waals surface area (Å²) in [5, 5.41) is 7.14. The molecule has 3 nitrogen and oxygen atoms in total. The first-order chi connectivity index (χ1) is 9.25. The molecule has 0 spiro atoms. The van der Waals surface area contributed by atoms with Gasteiger partial charge in [0.05, 0.1) is 11.4 Å². The highest BCUT2D eigenvalue weighted by Crippen LogP contribution is 2.28. The molecule has 3 rings (SSSR count). The topological polar surface area (TPSA) is 54.7 Å². The molecule has 0 bridgehead atoms. The quantitative estimate of drug-likeness (QED) is 0.728. The molecule has 0 saturated carbocycles. The maximum atomic E-state index is 5.99. The molecule has 0 aliphatic rings. The van der Waals surface area contributed by atoms with E-state index in [1.165, 1.54) is 11.1 Å². The molecular weight excluding hydrogens is 234 g/mol. The van der Waals surface area contributed by atoms with Crippen molar-refractivity contribution in [1.29, 1.82) is 0 Å². The summed E-state index contributed by atoms with van der Waals surface area (Å²) in [5.41, 5.74) is 11.9. The van der Waals surface area contributed by atoms with E-state index in [2.05, 4.69) is 34.5 Å². The van der Waals surface area contributed by atoms with Crippen molar-refractivity contribution < 1.29 is 0 Å². The predicted octanol–water partition coefficient (Wildman–Crippen LogP) is 3.63. The lowest BCUT2D eigenvalue weighted by Gasteiger charge is -2.03. The van der Waals surface area contributed by atoms with Gasteiger partial charge in [-0.3, -0.25) is 5.10 Å². The van der Waals surface area contributed by atoms with E-state index >= 15 is 0 Å². The number of hydrogen-bond donors (Lipinski definition) is 2. The molecule has 0 unspecified atom stereocenters. The number of nitrogens with zero attached hydrogens (tertiary/aromatic N) is 1. The van der Waals surface area contributed by atoms with Crippen molar-refractivity contribution in [2.75, 3.05) is 5.73 Å². The standard InChI is InChI=1S/C16H15N3/c1-11-15(17)16(19-18-11)14-9-7-13(8-10-14)12-5-3-2-4-6-12/h2-10H,17H2,1H3,(H,18,19). The van der Waals surface area contributed by atoms with Crippen LogP contribution in [-0.4, -0.2) is 10.2 Å². The number of benzene rings is 2. The molecule has 0 radical (unpaired) electrons. The molecule has 0 amide bonds. The van der Waals surface area contributed by atoms with Crippen molar-refractivity contribution in [2.24, 2.45) is 0 Å². The van der Waals surface area contributed by atoms with Gasteiger partial charge >= 0.3 is 0 Å². The zero-order chi connectivity index (χ0) is 13.2. The number of hydrogen-bond acceptors (Lipinski definition) is 2. The molecule has 2 aromatic carbocycles. The molecule has 3 N–H and O–H groups in total. The number of anilines is 1. The number of H-pyrrole nitrogens is 1. The molecule has 3 aromatic rings. The number of aryl methyl sites for hydroxylation is 1. The normalized spacial score (nSPS) is 10.6. The number of rotatable bonds is 2. The van der Waals surface area contributed by atoms with Crippen LogP contribution in [0, 0.1) is 6.92 Å². The van der Waals surface area contributed by atoms with Crippen molar-refractivity contribution >= 4 is 5.69 Å². The highest BCUT2D eigenvalue weighted by Gasteiger charge is 2.08. The number of aromatic nitrogens is 2. The van der Waals surface area contributed by atoms with Gasteiger partial charge in [-0.2, -0.15) is 5.10 Å². The summed E-state index contributed by atoms with van der Waals surface area (Å²) in [5.74, 6) is 0. The first kappa shape index (κ1) is 11.5. The highest BCUT2D eigenvalue weighted by molar-refractivity contribution is 5.76. The minimum absolute atomic E-state index is 0.715. The van der Waals surface area contributed by atoms with E-state index in [0.717, 1.165) is 17.0 Å². The predicted molar refractivity (Wildman–Crippen MR) is 78.6 cm³/mol. The zero-order valence-corrected chi connectivity index (χ0v) is 10.7. The average molecular weight is 249 g/mol. The largest absolute Gasteiger partial charge is 0.395 e. The molecule has 19 heavy (non-hydrogen) atoms. The third kappa shape index (κ3) is 2.10. The van der Waals surface area contributed by atoms with Crippen LogP contribution in [0.3, 0.4) is 0 Å². The van der Waals surface area contributed by atoms with Gasteiger partial charge in [0.2, 0.25) is 0 Å². The van der Waals surface area contributed by atoms with Gasteiger partial charge in [0.15, 0.2) is 0 Å². The molecule has 0 atom stereocenters. The first-order valence-electron chi connectivity index (χ1n) is 6.22. The summed E-state index contributed by atoms with van der Waals surface area (Å²) >= 11 is 0. The number of nitrogens with two attached hydrogens (primary N) is 1. The van der Waals surface area contributed by atoms with Gasteiger partial charge in [-0.15, -0.1) is 0 Å². The van der Waals surface area contributed by atoms with Crippen LogP contribution >= 0.6 is 0 Å². The van der Waals surface area contributed by atoms with Crippen molar-refractivity contribution in [3.63, 3.8) is 0 Å². The second kappa shape index (κ2) is 4.61. The lowest BCUT2D eigenvalue weighted by atomic mass is 10.0. The summed E-state index contributed by atoms with van der Waals surface area (Å²) in [6.45, 7) is 1.92. The van der Waals surface area contributed by atoms with Crippen LogP contribution < -0.4 is 5.73 Å². The van der Waals surface area contributed by atoms with Crippen LogP contribution in [0.1, 0.15) is 5.69 Å². The van der Waals surface area contributed by atoms with Gasteiger partial charge in [-0.05, 0) is 18.1 Å². The molecular formula is C16H15N3. The SMILES string of the molecule is Cc1[nH]nc(-c2ccc(-c3ccccc3)cc2)c1N. The van der Waals surface area contributed by atoms with Gasteiger partial charge in [0.25, 0.3) is 0 Å². The Kier molecular flexibility index (Phi) is 2.80. The van der Waals surface area contributed by atoms with E-state index in [9.17, 15) is 0 Å². The van der Waals surface area contributed by atoms with Gasteiger partial charge in [-0.25, -0.2) is 0 Å². The minimum Gasteiger partial charge on any atom is -0.395 e. The molecule has 0 aliphatic carbocycles. The van der Waals surface area contributed by atoms with Crippen LogP contribution in [0.2, 0.25) is 0 Å². The molecule has 3 heteroatoms. The molecule has 0 fully saturated rings. The van der Waals surface area contributed by atoms with Crippen molar-refractivity contribution in [2.45, 2.75) is 6.92 Å². The van der Waals surface area contributed by atoms with Crippen LogP contribution in [0.15, 0.2) is 54.6 Å². The van der Waals surface area contributed by atoms with Crippen LogP contribution in [-0.2, 0) is 0 Å². The van der Waals surface area contributed by atoms with E-state index in [4.69, 9.17) is 5.73 Å². The summed E-state index contributed by atoms with van der Waals surface area (Å²) in [4.78, 5) is 0. The van der Waals surface area contributed by atoms with E-state index in [0.29, 0.717) is 5.69 Å². The fraction of sp³-hybridized carbons (Fsp3) is 0.0625. The maximum absolute atomic E-state index is 5.99. The van der Waals surface area contributed by atoms with Gasteiger partial charge in [-0.1, -0.05) is 54.6 Å². The van der Waals surface area contributed by atoms with E-state index in [-0.39, 0.29) is 0 Å². The monoisotopic (exact) mass is 249 g/mol. The Morgan fingerprint density at radius 3 is 2.00 bits per heavy atom. The molecule has 0 aliphatic heterocycles. The van der Waals surface area contributed by atoms with Crippen LogP contribution in [0.5, 0.6) is 0 Å². The Morgan fingerprint density at radius 2 is 1.42 bits per heavy atom. The lowest BCUT2D eigenvalue weighted by Crippen LogP contribution is -1.88. The minimum atomic E-state index is 0.715. The summed E-state index contributed by atoms with van der Waals surface area (Å²) in [6.07, 6.45) is 0. The Hall–Kier alpha value is -2.55. The summed E-state index contributed by atoms with van der Waals surface area (Å²) < 4.78 is 0. The first-order valence-corrected chi connectivity index (χ1v) is 6.22. The summed E-state index contributed by atoms with van der Waals surface area (Å²) in [6, 6.07) is 18.6. The molecule has 0 saturated heterocycles. The van der Waals surface area contributed by atoms with Crippen molar-refractivity contribution in [3.8, 4) is 22.4 Å². The molecule has 1 aromatic heterocycles. The van der Waals surface area contributed by atoms with E-state index in [1.54, 1.807) is 0 Å². The van der Waals surface area contributed by atoms with Crippen LogP contribution in [0.25, 0.3) is 22.4 Å². The third-order valence-corrected chi connectivity index (χ3v) is 3.26. The Balaban J connectivity index is 1.98. The van der Waals surface area contributed by atoms with Crippen LogP contribution in [0.4, 0.5) is 5.69 Å². The Bertz CT molecular complexity index is 682. The Morgan fingerprint density at radius 1 is 0.842 bits per heavy atom. The number of nitrogens with one attached hydrogen (secondary N) is 1. The maximum Gasteiger partial charge on any atom is 0.115 e. The van der Waals surface area contributed by atoms with Crippen molar-refractivity contribution in [3.05, 3.63) is 60.3 Å². The number of aromatic amines is 1. The fourth-order valence-corrected chi connectivity index (χ4v) is 2.11. The van der Waals surface area contributed by atoms with E-state index in [1.807, 2.05) is 37.3 Å². The van der Waals surface area contributed by atoms with Gasteiger partial charge < -0.3 is 5.73 Å².